The van der Waals surface area contributed by atoms with Gasteiger partial charge in [0.15, 0.2) is 0 Å². The van der Waals surface area contributed by atoms with Crippen LogP contribution in [-0.4, -0.2) is 31.7 Å². The number of carbonyl (C=O) groups excluding carboxylic acids is 1. The number of amides is 1. The molecule has 0 unspecified atom stereocenters. The van der Waals surface area contributed by atoms with Crippen LogP contribution in [0, 0.1) is 0 Å². The number of sulfonamides is 1. The lowest BCUT2D eigenvalue weighted by Crippen LogP contribution is -2.24. The number of hydrogen-bond donors (Lipinski definition) is 3. The second-order valence-corrected chi connectivity index (χ2v) is 9.62. The van der Waals surface area contributed by atoms with E-state index >= 15 is 0 Å². The maximum absolute atomic E-state index is 12.2. The summed E-state index contributed by atoms with van der Waals surface area (Å²) in [6.45, 7) is 0.421. The predicted octanol–water partition coefficient (Wildman–Crippen LogP) is 3.01. The molecule has 0 aliphatic heterocycles. The number of carboxylic acid groups (broad SMARTS) is 1. The number of nitrogens with one attached hydrogen (secondary N) is 2. The minimum absolute atomic E-state index is 0.0404. The lowest BCUT2D eigenvalue weighted by molar-refractivity contribution is -0.136. The van der Waals surface area contributed by atoms with Gasteiger partial charge in [-0.05, 0) is 34.9 Å². The highest BCUT2D eigenvalue weighted by Gasteiger charge is 2.12. The van der Waals surface area contributed by atoms with E-state index in [9.17, 15) is 18.0 Å². The van der Waals surface area contributed by atoms with E-state index in [0.717, 1.165) is 17.4 Å². The molecule has 0 saturated carbocycles. The third kappa shape index (κ3) is 8.34. The molecule has 0 aliphatic carbocycles. The minimum Gasteiger partial charge on any atom is -0.481 e. The molecule has 3 rings (SSSR count). The van der Waals surface area contributed by atoms with Crippen molar-refractivity contribution in [2.75, 3.05) is 6.26 Å². The van der Waals surface area contributed by atoms with Crippen molar-refractivity contribution in [2.45, 2.75) is 25.9 Å². The number of carbonyl (C=O) groups is 2. The van der Waals surface area contributed by atoms with E-state index in [1.807, 2.05) is 30.3 Å². The molecule has 0 bridgehead atoms. The standard InChI is InChI=1S/C25H26N2O6S/c1-34(31,32)27-17-21-13-20(15-25(29)30)9-12-23(21)33-22-10-7-18(8-11-22)14-24(28)26-16-19-5-3-2-4-6-19/h2-13,27H,14-17H2,1H3,(H,26,28)(H,29,30). The number of rotatable bonds is 11. The van der Waals surface area contributed by atoms with Gasteiger partial charge < -0.3 is 15.2 Å². The lowest BCUT2D eigenvalue weighted by Gasteiger charge is -2.13. The molecule has 3 N–H and O–H groups in total. The molecule has 0 aliphatic rings. The van der Waals surface area contributed by atoms with Crippen LogP contribution < -0.4 is 14.8 Å². The van der Waals surface area contributed by atoms with Gasteiger partial charge in [0.1, 0.15) is 11.5 Å². The quantitative estimate of drug-likeness (QED) is 0.386. The van der Waals surface area contributed by atoms with Crippen molar-refractivity contribution in [1.82, 2.24) is 10.0 Å². The molecule has 0 atom stereocenters. The third-order valence-electron chi connectivity index (χ3n) is 4.85. The summed E-state index contributed by atoms with van der Waals surface area (Å²) >= 11 is 0. The summed E-state index contributed by atoms with van der Waals surface area (Å²) in [5.74, 6) is -0.182. The summed E-state index contributed by atoms with van der Waals surface area (Å²) < 4.78 is 31.3. The van der Waals surface area contributed by atoms with Gasteiger partial charge in [-0.25, -0.2) is 13.1 Å². The number of aliphatic carboxylic acids is 1. The Morgan fingerprint density at radius 1 is 0.853 bits per heavy atom. The van der Waals surface area contributed by atoms with Crippen LogP contribution in [0.2, 0.25) is 0 Å². The van der Waals surface area contributed by atoms with Crippen LogP contribution in [-0.2, 0) is 45.5 Å². The first-order chi connectivity index (χ1) is 16.2. The zero-order valence-corrected chi connectivity index (χ0v) is 19.5. The molecular weight excluding hydrogens is 456 g/mol. The van der Waals surface area contributed by atoms with E-state index in [1.165, 1.54) is 0 Å². The molecule has 34 heavy (non-hydrogen) atoms. The van der Waals surface area contributed by atoms with Crippen LogP contribution in [0.1, 0.15) is 22.3 Å². The molecule has 0 aromatic heterocycles. The van der Waals surface area contributed by atoms with Gasteiger partial charge in [0, 0.05) is 18.7 Å². The molecular formula is C25H26N2O6S. The van der Waals surface area contributed by atoms with Crippen molar-refractivity contribution in [2.24, 2.45) is 0 Å². The molecule has 3 aromatic rings. The predicted molar refractivity (Wildman–Crippen MR) is 128 cm³/mol. The summed E-state index contributed by atoms with van der Waals surface area (Å²) in [7, 11) is -3.45. The molecule has 0 fully saturated rings. The van der Waals surface area contributed by atoms with Gasteiger partial charge in [-0.15, -0.1) is 0 Å². The van der Waals surface area contributed by atoms with Gasteiger partial charge in [-0.2, -0.15) is 0 Å². The van der Waals surface area contributed by atoms with Crippen LogP contribution in [0.25, 0.3) is 0 Å². The van der Waals surface area contributed by atoms with Crippen LogP contribution in [0.5, 0.6) is 11.5 Å². The van der Waals surface area contributed by atoms with E-state index in [0.29, 0.717) is 29.2 Å². The normalized spacial score (nSPS) is 11.1. The first-order valence-electron chi connectivity index (χ1n) is 10.5. The highest BCUT2D eigenvalue weighted by Crippen LogP contribution is 2.27. The molecule has 8 nitrogen and oxygen atoms in total. The van der Waals surface area contributed by atoms with E-state index < -0.39 is 16.0 Å². The molecule has 3 aromatic carbocycles. The van der Waals surface area contributed by atoms with Gasteiger partial charge in [-0.1, -0.05) is 54.6 Å². The van der Waals surface area contributed by atoms with Crippen LogP contribution >= 0.6 is 0 Å². The molecule has 0 radical (unpaired) electrons. The SMILES string of the molecule is CS(=O)(=O)NCc1cc(CC(=O)O)ccc1Oc1ccc(CC(=O)NCc2ccccc2)cc1. The van der Waals surface area contributed by atoms with E-state index in [1.54, 1.807) is 42.5 Å². The second kappa shape index (κ2) is 11.4. The van der Waals surface area contributed by atoms with Crippen molar-refractivity contribution in [3.63, 3.8) is 0 Å². The first-order valence-corrected chi connectivity index (χ1v) is 12.4. The monoisotopic (exact) mass is 482 g/mol. The first kappa shape index (κ1) is 24.9. The summed E-state index contributed by atoms with van der Waals surface area (Å²) in [4.78, 5) is 23.3. The Hall–Kier alpha value is -3.69. The van der Waals surface area contributed by atoms with Gasteiger partial charge in [0.05, 0.1) is 19.1 Å². The van der Waals surface area contributed by atoms with Crippen LogP contribution in [0.4, 0.5) is 0 Å². The Morgan fingerprint density at radius 3 is 2.18 bits per heavy atom. The van der Waals surface area contributed by atoms with Crippen molar-refractivity contribution in [1.29, 1.82) is 0 Å². The minimum atomic E-state index is -3.45. The Kier molecular flexibility index (Phi) is 8.39. The summed E-state index contributed by atoms with van der Waals surface area (Å²) in [5, 5.41) is 11.9. The fourth-order valence-electron chi connectivity index (χ4n) is 3.21. The number of hydrogen-bond acceptors (Lipinski definition) is 5. The molecule has 0 spiro atoms. The molecule has 0 saturated heterocycles. The maximum atomic E-state index is 12.2. The van der Waals surface area contributed by atoms with Crippen molar-refractivity contribution in [3.05, 3.63) is 95.1 Å². The van der Waals surface area contributed by atoms with Crippen molar-refractivity contribution in [3.8, 4) is 11.5 Å². The molecule has 0 heterocycles. The van der Waals surface area contributed by atoms with Crippen LogP contribution in [0.3, 0.4) is 0 Å². The fraction of sp³-hybridized carbons (Fsp3) is 0.200. The lowest BCUT2D eigenvalue weighted by atomic mass is 10.1. The smallest absolute Gasteiger partial charge is 0.307 e. The van der Waals surface area contributed by atoms with Gasteiger partial charge in [0.25, 0.3) is 0 Å². The number of benzene rings is 3. The van der Waals surface area contributed by atoms with Crippen molar-refractivity contribution >= 4 is 21.9 Å². The Morgan fingerprint density at radius 2 is 1.53 bits per heavy atom. The summed E-state index contributed by atoms with van der Waals surface area (Å²) in [5.41, 5.74) is 2.87. The zero-order chi connectivity index (χ0) is 24.6. The molecule has 9 heteroatoms. The van der Waals surface area contributed by atoms with Gasteiger partial charge in [0.2, 0.25) is 15.9 Å². The van der Waals surface area contributed by atoms with E-state index in [4.69, 9.17) is 9.84 Å². The summed E-state index contributed by atoms with van der Waals surface area (Å²) in [6, 6.07) is 21.5. The van der Waals surface area contributed by atoms with Gasteiger partial charge in [-0.3, -0.25) is 9.59 Å². The van der Waals surface area contributed by atoms with Crippen LogP contribution in [0.15, 0.2) is 72.8 Å². The highest BCUT2D eigenvalue weighted by molar-refractivity contribution is 7.88. The Balaban J connectivity index is 1.65. The average Bonchev–Trinajstić information content (AvgIpc) is 2.79. The Bertz CT molecular complexity index is 1240. The number of carboxylic acids is 1. The molecule has 1 amide bonds. The van der Waals surface area contributed by atoms with Gasteiger partial charge >= 0.3 is 5.97 Å². The van der Waals surface area contributed by atoms with E-state index in [-0.39, 0.29) is 25.3 Å². The third-order valence-corrected chi connectivity index (χ3v) is 5.52. The molecule has 178 valence electrons. The Labute approximate surface area is 198 Å². The van der Waals surface area contributed by atoms with Crippen molar-refractivity contribution < 1.29 is 27.9 Å². The summed E-state index contributed by atoms with van der Waals surface area (Å²) in [6.07, 6.45) is 1.08. The second-order valence-electron chi connectivity index (χ2n) is 7.79. The number of ether oxygens (including phenoxy) is 1. The highest BCUT2D eigenvalue weighted by atomic mass is 32.2. The van der Waals surface area contributed by atoms with E-state index in [2.05, 4.69) is 10.0 Å². The fourth-order valence-corrected chi connectivity index (χ4v) is 3.63. The topological polar surface area (TPSA) is 122 Å². The largest absolute Gasteiger partial charge is 0.481 e. The zero-order valence-electron chi connectivity index (χ0n) is 18.7. The maximum Gasteiger partial charge on any atom is 0.307 e. The average molecular weight is 483 g/mol.